The number of hydrogen-bond acceptors (Lipinski definition) is 3. The Labute approximate surface area is 115 Å². The van der Waals surface area contributed by atoms with E-state index < -0.39 is 0 Å². The van der Waals surface area contributed by atoms with Gasteiger partial charge in [0.05, 0.1) is 6.04 Å². The molecule has 18 heavy (non-hydrogen) atoms. The lowest BCUT2D eigenvalue weighted by atomic mass is 10.0. The van der Waals surface area contributed by atoms with Gasteiger partial charge in [0.25, 0.3) is 0 Å². The molecule has 0 rings (SSSR count). The van der Waals surface area contributed by atoms with Gasteiger partial charge < -0.3 is 0 Å². The summed E-state index contributed by atoms with van der Waals surface area (Å²) in [5.74, 6) is 0. The van der Waals surface area contributed by atoms with Crippen molar-refractivity contribution in [1.82, 2.24) is 0 Å². The van der Waals surface area contributed by atoms with Crippen LogP contribution in [0.5, 0.6) is 0 Å². The van der Waals surface area contributed by atoms with Gasteiger partial charge in [0, 0.05) is 6.42 Å². The number of unbranched alkanes of at least 4 members (excludes halogenated alkanes) is 5. The van der Waals surface area contributed by atoms with E-state index in [1.807, 2.05) is 0 Å². The highest BCUT2D eigenvalue weighted by atomic mass is 35.5. The number of hydrogen-bond donors (Lipinski definition) is 0. The molecule has 0 aliphatic rings. The Kier molecular flexibility index (Phi) is 12.3. The van der Waals surface area contributed by atoms with Crippen LogP contribution < -0.4 is 0 Å². The van der Waals surface area contributed by atoms with E-state index in [0.717, 1.165) is 19.3 Å². The molecule has 0 aromatic heterocycles. The van der Waals surface area contributed by atoms with Crippen molar-refractivity contribution in [1.29, 1.82) is 0 Å². The molecule has 1 atom stereocenters. The van der Waals surface area contributed by atoms with Gasteiger partial charge in [0.1, 0.15) is 0 Å². The minimum atomic E-state index is -0.316. The molecule has 0 aliphatic heterocycles. The van der Waals surface area contributed by atoms with E-state index in [0.29, 0.717) is 12.8 Å². The number of rotatable bonds is 12. The Morgan fingerprint density at radius 2 is 1.72 bits per heavy atom. The predicted octanol–water partition coefficient (Wildman–Crippen LogP) is 4.38. The van der Waals surface area contributed by atoms with Crippen molar-refractivity contribution < 1.29 is 9.59 Å². The third-order valence-corrected chi connectivity index (χ3v) is 3.23. The lowest BCUT2D eigenvalue weighted by Gasteiger charge is -2.09. The molecule has 0 spiro atoms. The number of aliphatic imine (C=N–C) groups is 1. The number of halogens is 1. The zero-order chi connectivity index (χ0) is 13.6. The number of carbonyl (C=O) groups excluding carboxylic acids is 2. The van der Waals surface area contributed by atoms with Gasteiger partial charge in [0.15, 0.2) is 0 Å². The molecule has 0 aromatic carbocycles. The SMILES string of the molecule is CCCCCCCCC(CCCC(=O)Cl)N=C=O. The van der Waals surface area contributed by atoms with Crippen LogP contribution >= 0.6 is 11.6 Å². The first-order chi connectivity index (χ1) is 8.70. The summed E-state index contributed by atoms with van der Waals surface area (Å²) in [6.07, 6.45) is 11.7. The maximum absolute atomic E-state index is 10.6. The zero-order valence-corrected chi connectivity index (χ0v) is 12.0. The molecule has 4 heteroatoms. The fraction of sp³-hybridized carbons (Fsp3) is 0.857. The molecule has 0 amide bonds. The summed E-state index contributed by atoms with van der Waals surface area (Å²) >= 11 is 5.27. The Balaban J connectivity index is 3.63. The lowest BCUT2D eigenvalue weighted by Crippen LogP contribution is -2.05. The molecule has 0 N–H and O–H groups in total. The van der Waals surface area contributed by atoms with E-state index in [9.17, 15) is 9.59 Å². The second kappa shape index (κ2) is 12.8. The van der Waals surface area contributed by atoms with Gasteiger partial charge in [-0.15, -0.1) is 0 Å². The predicted molar refractivity (Wildman–Crippen MR) is 74.6 cm³/mol. The maximum Gasteiger partial charge on any atom is 0.235 e. The molecule has 0 fully saturated rings. The molecule has 0 saturated carbocycles. The van der Waals surface area contributed by atoms with Crippen LogP contribution in [-0.2, 0) is 9.59 Å². The fourth-order valence-electron chi connectivity index (χ4n) is 1.98. The van der Waals surface area contributed by atoms with E-state index in [4.69, 9.17) is 11.6 Å². The summed E-state index contributed by atoms with van der Waals surface area (Å²) in [5.41, 5.74) is 0. The largest absolute Gasteiger partial charge is 0.281 e. The Bertz CT molecular complexity index is 263. The zero-order valence-electron chi connectivity index (χ0n) is 11.3. The van der Waals surface area contributed by atoms with Crippen molar-refractivity contribution in [3.8, 4) is 0 Å². The summed E-state index contributed by atoms with van der Waals surface area (Å²) in [7, 11) is 0. The average Bonchev–Trinajstić information content (AvgIpc) is 2.33. The van der Waals surface area contributed by atoms with Crippen LogP contribution in [0.15, 0.2) is 4.99 Å². The van der Waals surface area contributed by atoms with Gasteiger partial charge in [0.2, 0.25) is 11.3 Å². The summed E-state index contributed by atoms with van der Waals surface area (Å²) < 4.78 is 0. The highest BCUT2D eigenvalue weighted by Gasteiger charge is 2.07. The summed E-state index contributed by atoms with van der Waals surface area (Å²) in [5, 5.41) is -0.316. The van der Waals surface area contributed by atoms with Crippen LogP contribution in [0.2, 0.25) is 0 Å². The fourth-order valence-corrected chi connectivity index (χ4v) is 2.12. The van der Waals surface area contributed by atoms with Crippen molar-refractivity contribution in [3.63, 3.8) is 0 Å². The van der Waals surface area contributed by atoms with Crippen molar-refractivity contribution in [3.05, 3.63) is 0 Å². The summed E-state index contributed by atoms with van der Waals surface area (Å²) in [4.78, 5) is 24.7. The standard InChI is InChI=1S/C14H24ClNO2/c1-2-3-4-5-6-7-9-13(16-12-17)10-8-11-14(15)18/h13H,2-11H2,1H3. The smallest absolute Gasteiger partial charge is 0.235 e. The normalized spacial score (nSPS) is 11.9. The van der Waals surface area contributed by atoms with Gasteiger partial charge in [-0.25, -0.2) is 9.79 Å². The van der Waals surface area contributed by atoms with E-state index in [-0.39, 0.29) is 11.3 Å². The van der Waals surface area contributed by atoms with E-state index in [1.165, 1.54) is 32.1 Å². The van der Waals surface area contributed by atoms with Crippen LogP contribution in [0, 0.1) is 0 Å². The van der Waals surface area contributed by atoms with Gasteiger partial charge in [-0.2, -0.15) is 0 Å². The Morgan fingerprint density at radius 1 is 1.11 bits per heavy atom. The quantitative estimate of drug-likeness (QED) is 0.229. The minimum absolute atomic E-state index is 0.0182. The third-order valence-electron chi connectivity index (χ3n) is 3.04. The van der Waals surface area contributed by atoms with Crippen LogP contribution in [-0.4, -0.2) is 17.4 Å². The lowest BCUT2D eigenvalue weighted by molar-refractivity contribution is -0.111. The summed E-state index contributed by atoms with van der Waals surface area (Å²) in [6.45, 7) is 2.20. The second-order valence-electron chi connectivity index (χ2n) is 4.68. The third kappa shape index (κ3) is 11.8. The molecule has 0 aliphatic carbocycles. The van der Waals surface area contributed by atoms with E-state index in [2.05, 4.69) is 11.9 Å². The van der Waals surface area contributed by atoms with Crippen molar-refractivity contribution in [2.45, 2.75) is 77.2 Å². The van der Waals surface area contributed by atoms with Gasteiger partial charge in [-0.3, -0.25) is 4.79 Å². The first-order valence-corrected chi connectivity index (χ1v) is 7.33. The number of carbonyl (C=O) groups is 1. The van der Waals surface area contributed by atoms with E-state index in [1.54, 1.807) is 6.08 Å². The van der Waals surface area contributed by atoms with Crippen molar-refractivity contribution >= 4 is 22.9 Å². The highest BCUT2D eigenvalue weighted by Crippen LogP contribution is 2.15. The molecule has 104 valence electrons. The Morgan fingerprint density at radius 3 is 2.33 bits per heavy atom. The first-order valence-electron chi connectivity index (χ1n) is 6.96. The maximum atomic E-state index is 10.6. The molecule has 3 nitrogen and oxygen atoms in total. The molecule has 0 aromatic rings. The minimum Gasteiger partial charge on any atom is -0.281 e. The molecule has 0 bridgehead atoms. The molecular formula is C14H24ClNO2. The first kappa shape index (κ1) is 17.3. The molecule has 0 radical (unpaired) electrons. The highest BCUT2D eigenvalue weighted by molar-refractivity contribution is 6.63. The van der Waals surface area contributed by atoms with Gasteiger partial charge >= 0.3 is 0 Å². The average molecular weight is 274 g/mol. The van der Waals surface area contributed by atoms with Crippen molar-refractivity contribution in [2.75, 3.05) is 0 Å². The number of nitrogens with zero attached hydrogens (tertiary/aromatic N) is 1. The van der Waals surface area contributed by atoms with Crippen molar-refractivity contribution in [2.24, 2.45) is 4.99 Å². The van der Waals surface area contributed by atoms with E-state index >= 15 is 0 Å². The van der Waals surface area contributed by atoms with Gasteiger partial charge in [-0.05, 0) is 30.9 Å². The molecule has 1 unspecified atom stereocenters. The van der Waals surface area contributed by atoms with Gasteiger partial charge in [-0.1, -0.05) is 45.4 Å². The van der Waals surface area contributed by atoms with Crippen LogP contribution in [0.3, 0.4) is 0 Å². The monoisotopic (exact) mass is 273 g/mol. The molecule has 0 heterocycles. The molecule has 0 saturated heterocycles. The molecular weight excluding hydrogens is 250 g/mol. The van der Waals surface area contributed by atoms with Crippen LogP contribution in [0.25, 0.3) is 0 Å². The number of isocyanates is 1. The van der Waals surface area contributed by atoms with Crippen LogP contribution in [0.4, 0.5) is 0 Å². The topological polar surface area (TPSA) is 46.5 Å². The second-order valence-corrected chi connectivity index (χ2v) is 5.10. The summed E-state index contributed by atoms with van der Waals surface area (Å²) in [6, 6.07) is 0.0182. The Hall–Kier alpha value is -0.660. The van der Waals surface area contributed by atoms with Crippen LogP contribution in [0.1, 0.15) is 71.1 Å².